The van der Waals surface area contributed by atoms with Gasteiger partial charge in [-0.1, -0.05) is 17.7 Å². The Morgan fingerprint density at radius 1 is 1.10 bits per heavy atom. The number of rotatable bonds is 4. The molecular weight excluding hydrogens is 260 g/mol. The molecule has 3 heteroatoms. The number of likely N-dealkylation sites (tertiary alicyclic amines) is 1. The summed E-state index contributed by atoms with van der Waals surface area (Å²) in [4.78, 5) is 5.11. The average Bonchev–Trinajstić information content (AvgIpc) is 3.01. The smallest absolute Gasteiger partial charge is 0.0702 e. The molecule has 2 heterocycles. The number of anilines is 1. The molecule has 1 N–H and O–H groups in total. The van der Waals surface area contributed by atoms with Crippen molar-refractivity contribution in [3.63, 3.8) is 0 Å². The summed E-state index contributed by atoms with van der Waals surface area (Å²) in [6.45, 7) is 8.42. The number of aryl methyl sites for hydroxylation is 1. The van der Waals surface area contributed by atoms with E-state index < -0.39 is 0 Å². The molecule has 0 saturated carbocycles. The number of aliphatic hydroxyl groups excluding tert-OH is 1. The van der Waals surface area contributed by atoms with E-state index >= 15 is 0 Å². The molecule has 2 aliphatic heterocycles. The second-order valence-electron chi connectivity index (χ2n) is 6.73. The molecule has 0 aromatic heterocycles. The van der Waals surface area contributed by atoms with Crippen LogP contribution in [-0.4, -0.2) is 42.7 Å². The van der Waals surface area contributed by atoms with Gasteiger partial charge >= 0.3 is 0 Å². The fraction of sp³-hybridized carbons (Fsp3) is 0.667. The molecule has 0 aliphatic carbocycles. The normalized spacial score (nSPS) is 21.1. The summed E-state index contributed by atoms with van der Waals surface area (Å²) >= 11 is 0. The number of benzene rings is 1. The molecule has 2 fully saturated rings. The first-order valence-electron chi connectivity index (χ1n) is 8.44. The Kier molecular flexibility index (Phi) is 4.81. The zero-order valence-corrected chi connectivity index (χ0v) is 13.2. The first-order chi connectivity index (χ1) is 10.3. The highest BCUT2D eigenvalue weighted by Gasteiger charge is 2.23. The standard InChI is InChI=1S/C18H28N2O/c1-15-4-5-18(17(12-15)14-21)20-10-6-16(7-11-20)13-19-8-2-3-9-19/h4-5,12,16,21H,2-3,6-11,13-14H2,1H3. The molecule has 0 unspecified atom stereocenters. The molecule has 0 spiro atoms. The van der Waals surface area contributed by atoms with Crippen LogP contribution in [0.2, 0.25) is 0 Å². The minimum absolute atomic E-state index is 0.144. The van der Waals surface area contributed by atoms with Crippen LogP contribution in [0.25, 0.3) is 0 Å². The first-order valence-corrected chi connectivity index (χ1v) is 8.44. The third-order valence-electron chi connectivity index (χ3n) is 5.08. The average molecular weight is 288 g/mol. The maximum absolute atomic E-state index is 9.58. The lowest BCUT2D eigenvalue weighted by molar-refractivity contribution is 0.248. The highest BCUT2D eigenvalue weighted by atomic mass is 16.3. The minimum atomic E-state index is 0.144. The second kappa shape index (κ2) is 6.80. The third kappa shape index (κ3) is 3.58. The van der Waals surface area contributed by atoms with Gasteiger partial charge in [0.05, 0.1) is 6.61 Å². The van der Waals surface area contributed by atoms with Crippen molar-refractivity contribution >= 4 is 5.69 Å². The number of nitrogens with zero attached hydrogens (tertiary/aromatic N) is 2. The van der Waals surface area contributed by atoms with Crippen molar-refractivity contribution in [3.8, 4) is 0 Å². The zero-order valence-electron chi connectivity index (χ0n) is 13.2. The van der Waals surface area contributed by atoms with E-state index in [9.17, 15) is 5.11 Å². The van der Waals surface area contributed by atoms with Crippen LogP contribution in [0.15, 0.2) is 18.2 Å². The lowest BCUT2D eigenvalue weighted by Gasteiger charge is -2.36. The SMILES string of the molecule is Cc1ccc(N2CCC(CN3CCCC3)CC2)c(CO)c1. The summed E-state index contributed by atoms with van der Waals surface area (Å²) in [5.41, 5.74) is 3.54. The van der Waals surface area contributed by atoms with Crippen LogP contribution in [-0.2, 0) is 6.61 Å². The van der Waals surface area contributed by atoms with E-state index in [2.05, 4.69) is 34.9 Å². The summed E-state index contributed by atoms with van der Waals surface area (Å²) in [5.74, 6) is 0.863. The zero-order chi connectivity index (χ0) is 14.7. The van der Waals surface area contributed by atoms with Gasteiger partial charge in [0, 0.05) is 30.9 Å². The maximum Gasteiger partial charge on any atom is 0.0702 e. The van der Waals surface area contributed by atoms with Gasteiger partial charge in [-0.05, 0) is 57.7 Å². The summed E-state index contributed by atoms with van der Waals surface area (Å²) < 4.78 is 0. The molecule has 116 valence electrons. The Bertz CT molecular complexity index is 460. The van der Waals surface area contributed by atoms with Crippen molar-refractivity contribution in [1.29, 1.82) is 0 Å². The van der Waals surface area contributed by atoms with Gasteiger partial charge in [0.2, 0.25) is 0 Å². The number of piperidine rings is 1. The van der Waals surface area contributed by atoms with Crippen molar-refractivity contribution in [3.05, 3.63) is 29.3 Å². The Hall–Kier alpha value is -1.06. The summed E-state index contributed by atoms with van der Waals surface area (Å²) in [5, 5.41) is 9.58. The Morgan fingerprint density at radius 3 is 2.48 bits per heavy atom. The second-order valence-corrected chi connectivity index (χ2v) is 6.73. The number of aliphatic hydroxyl groups is 1. The highest BCUT2D eigenvalue weighted by Crippen LogP contribution is 2.28. The third-order valence-corrected chi connectivity index (χ3v) is 5.08. The molecule has 1 aromatic rings. The van der Waals surface area contributed by atoms with Crippen molar-refractivity contribution in [2.45, 2.75) is 39.2 Å². The molecule has 21 heavy (non-hydrogen) atoms. The van der Waals surface area contributed by atoms with Crippen molar-refractivity contribution < 1.29 is 5.11 Å². The van der Waals surface area contributed by atoms with Gasteiger partial charge in [-0.15, -0.1) is 0 Å². The van der Waals surface area contributed by atoms with Gasteiger partial charge < -0.3 is 14.9 Å². The van der Waals surface area contributed by atoms with Crippen molar-refractivity contribution in [2.24, 2.45) is 5.92 Å². The van der Waals surface area contributed by atoms with Gasteiger partial charge in [0.25, 0.3) is 0 Å². The Balaban J connectivity index is 1.57. The van der Waals surface area contributed by atoms with Crippen molar-refractivity contribution in [2.75, 3.05) is 37.6 Å². The van der Waals surface area contributed by atoms with E-state index in [1.165, 1.54) is 56.6 Å². The molecule has 2 saturated heterocycles. The molecule has 0 bridgehead atoms. The van der Waals surface area contributed by atoms with Crippen LogP contribution in [0, 0.1) is 12.8 Å². The molecule has 3 nitrogen and oxygen atoms in total. The topological polar surface area (TPSA) is 26.7 Å². The van der Waals surface area contributed by atoms with E-state index in [4.69, 9.17) is 0 Å². The maximum atomic E-state index is 9.58. The first kappa shape index (κ1) is 14.9. The molecule has 0 radical (unpaired) electrons. The fourth-order valence-electron chi connectivity index (χ4n) is 3.84. The fourth-order valence-corrected chi connectivity index (χ4v) is 3.84. The van der Waals surface area contributed by atoms with Gasteiger partial charge in [0.15, 0.2) is 0 Å². The van der Waals surface area contributed by atoms with E-state index in [1.807, 2.05) is 0 Å². The quantitative estimate of drug-likeness (QED) is 0.923. The predicted octanol–water partition coefficient (Wildman–Crippen LogP) is 2.80. The van der Waals surface area contributed by atoms with E-state index in [-0.39, 0.29) is 6.61 Å². The van der Waals surface area contributed by atoms with E-state index in [1.54, 1.807) is 0 Å². The van der Waals surface area contributed by atoms with Crippen LogP contribution in [0.5, 0.6) is 0 Å². The molecule has 2 aliphatic rings. The van der Waals surface area contributed by atoms with Crippen LogP contribution in [0.1, 0.15) is 36.8 Å². The van der Waals surface area contributed by atoms with Crippen molar-refractivity contribution in [1.82, 2.24) is 4.90 Å². The lowest BCUT2D eigenvalue weighted by Crippen LogP contribution is -2.38. The highest BCUT2D eigenvalue weighted by molar-refractivity contribution is 5.55. The number of hydrogen-bond donors (Lipinski definition) is 1. The largest absolute Gasteiger partial charge is 0.392 e. The summed E-state index contributed by atoms with van der Waals surface area (Å²) in [6.07, 6.45) is 5.36. The molecular formula is C18H28N2O. The van der Waals surface area contributed by atoms with Crippen LogP contribution in [0.3, 0.4) is 0 Å². The predicted molar refractivity (Wildman–Crippen MR) is 87.7 cm³/mol. The van der Waals surface area contributed by atoms with Gasteiger partial charge in [-0.25, -0.2) is 0 Å². The molecule has 3 rings (SSSR count). The lowest BCUT2D eigenvalue weighted by atomic mass is 9.95. The Morgan fingerprint density at radius 2 is 1.81 bits per heavy atom. The summed E-state index contributed by atoms with van der Waals surface area (Å²) in [7, 11) is 0. The number of hydrogen-bond acceptors (Lipinski definition) is 3. The molecule has 0 amide bonds. The van der Waals surface area contributed by atoms with Gasteiger partial charge in [0.1, 0.15) is 0 Å². The van der Waals surface area contributed by atoms with E-state index in [0.29, 0.717) is 0 Å². The molecule has 0 atom stereocenters. The summed E-state index contributed by atoms with van der Waals surface area (Å²) in [6, 6.07) is 6.46. The van der Waals surface area contributed by atoms with Crippen LogP contribution < -0.4 is 4.90 Å². The molecule has 1 aromatic carbocycles. The Labute approximate surface area is 128 Å². The van der Waals surface area contributed by atoms with Crippen LogP contribution >= 0.6 is 0 Å². The van der Waals surface area contributed by atoms with Gasteiger partial charge in [-0.2, -0.15) is 0 Å². The monoisotopic (exact) mass is 288 g/mol. The van der Waals surface area contributed by atoms with E-state index in [0.717, 1.165) is 24.6 Å². The minimum Gasteiger partial charge on any atom is -0.392 e. The van der Waals surface area contributed by atoms with Crippen LogP contribution in [0.4, 0.5) is 5.69 Å². The van der Waals surface area contributed by atoms with Gasteiger partial charge in [-0.3, -0.25) is 0 Å².